The molecule has 0 aliphatic heterocycles. The third kappa shape index (κ3) is 2.30. The zero-order chi connectivity index (χ0) is 13.2. The highest BCUT2D eigenvalue weighted by Gasteiger charge is 2.07. The number of aromatic nitrogens is 2. The summed E-state index contributed by atoms with van der Waals surface area (Å²) in [4.78, 5) is 8.46. The van der Waals surface area contributed by atoms with Crippen molar-refractivity contribution in [3.8, 4) is 5.75 Å². The highest BCUT2D eigenvalue weighted by Crippen LogP contribution is 2.29. The molecule has 94 valence electrons. The molecule has 0 bridgehead atoms. The number of phenols is 1. The Bertz CT molecular complexity index is 731. The molecule has 0 unspecified atom stereocenters. The van der Waals surface area contributed by atoms with Gasteiger partial charge in [0.2, 0.25) is 5.95 Å². The van der Waals surface area contributed by atoms with Gasteiger partial charge < -0.3 is 10.4 Å². The normalized spacial score (nSPS) is 10.6. The van der Waals surface area contributed by atoms with Gasteiger partial charge >= 0.3 is 0 Å². The Hall–Kier alpha value is -2.33. The average Bonchev–Trinajstić information content (AvgIpc) is 2.44. The first kappa shape index (κ1) is 11.7. The number of nitrogens with one attached hydrogen (secondary N) is 1. The Morgan fingerprint density at radius 3 is 2.63 bits per heavy atom. The lowest BCUT2D eigenvalue weighted by Gasteiger charge is -2.07. The van der Waals surface area contributed by atoms with Crippen LogP contribution < -0.4 is 5.32 Å². The van der Waals surface area contributed by atoms with Crippen LogP contribution in [0.4, 0.5) is 11.6 Å². The zero-order valence-electron chi connectivity index (χ0n) is 9.84. The van der Waals surface area contributed by atoms with E-state index in [0.717, 1.165) is 5.69 Å². The molecule has 5 heteroatoms. The van der Waals surface area contributed by atoms with E-state index in [4.69, 9.17) is 11.6 Å². The Kier molecular flexibility index (Phi) is 2.93. The molecule has 4 nitrogen and oxygen atoms in total. The molecule has 0 fully saturated rings. The lowest BCUT2D eigenvalue weighted by atomic mass is 10.2. The van der Waals surface area contributed by atoms with E-state index in [1.54, 1.807) is 12.3 Å². The number of phenolic OH excluding ortho intramolecular Hbond substituents is 1. The SMILES string of the molecule is Oc1ccc(Cl)c2cnc(Nc3ccccc3)nc12. The first-order chi connectivity index (χ1) is 9.24. The molecule has 1 aromatic heterocycles. The molecule has 19 heavy (non-hydrogen) atoms. The maximum absolute atomic E-state index is 9.81. The minimum Gasteiger partial charge on any atom is -0.506 e. The van der Waals surface area contributed by atoms with Gasteiger partial charge in [-0.15, -0.1) is 0 Å². The fraction of sp³-hybridized carbons (Fsp3) is 0. The topological polar surface area (TPSA) is 58.0 Å². The molecular formula is C14H10ClN3O. The van der Waals surface area contributed by atoms with E-state index < -0.39 is 0 Å². The Morgan fingerprint density at radius 2 is 1.84 bits per heavy atom. The second kappa shape index (κ2) is 4.74. The van der Waals surface area contributed by atoms with Crippen LogP contribution in [0.1, 0.15) is 0 Å². The monoisotopic (exact) mass is 271 g/mol. The number of fused-ring (bicyclic) bond motifs is 1. The van der Waals surface area contributed by atoms with E-state index >= 15 is 0 Å². The maximum Gasteiger partial charge on any atom is 0.227 e. The van der Waals surface area contributed by atoms with E-state index in [1.165, 1.54) is 6.07 Å². The minimum atomic E-state index is 0.0814. The van der Waals surface area contributed by atoms with Crippen LogP contribution in [0.3, 0.4) is 0 Å². The summed E-state index contributed by atoms with van der Waals surface area (Å²) in [5.41, 5.74) is 1.31. The second-order valence-electron chi connectivity index (χ2n) is 4.01. The summed E-state index contributed by atoms with van der Waals surface area (Å²) >= 11 is 6.03. The molecule has 0 saturated heterocycles. The van der Waals surface area contributed by atoms with Crippen LogP contribution in [-0.2, 0) is 0 Å². The highest BCUT2D eigenvalue weighted by molar-refractivity contribution is 6.35. The van der Waals surface area contributed by atoms with Gasteiger partial charge in [-0.1, -0.05) is 29.8 Å². The Labute approximate surface area is 114 Å². The maximum atomic E-state index is 9.81. The average molecular weight is 272 g/mol. The van der Waals surface area contributed by atoms with E-state index in [9.17, 15) is 5.11 Å². The quantitative estimate of drug-likeness (QED) is 0.746. The number of hydrogen-bond acceptors (Lipinski definition) is 4. The number of para-hydroxylation sites is 1. The predicted octanol–water partition coefficient (Wildman–Crippen LogP) is 3.73. The largest absolute Gasteiger partial charge is 0.506 e. The first-order valence-corrected chi connectivity index (χ1v) is 6.08. The lowest BCUT2D eigenvalue weighted by molar-refractivity contribution is 0.480. The van der Waals surface area contributed by atoms with E-state index in [2.05, 4.69) is 15.3 Å². The van der Waals surface area contributed by atoms with Crippen molar-refractivity contribution in [2.24, 2.45) is 0 Å². The number of aromatic hydroxyl groups is 1. The number of nitrogens with zero attached hydrogens (tertiary/aromatic N) is 2. The van der Waals surface area contributed by atoms with Crippen molar-refractivity contribution < 1.29 is 5.11 Å². The van der Waals surface area contributed by atoms with E-state index in [1.807, 2.05) is 30.3 Å². The summed E-state index contributed by atoms with van der Waals surface area (Å²) in [5.74, 6) is 0.495. The number of anilines is 2. The number of hydrogen-bond donors (Lipinski definition) is 2. The highest BCUT2D eigenvalue weighted by atomic mass is 35.5. The lowest BCUT2D eigenvalue weighted by Crippen LogP contribution is -1.97. The first-order valence-electron chi connectivity index (χ1n) is 5.70. The molecule has 3 rings (SSSR count). The van der Waals surface area contributed by atoms with Crippen molar-refractivity contribution in [3.63, 3.8) is 0 Å². The number of benzene rings is 2. The van der Waals surface area contributed by atoms with Gasteiger partial charge in [0.25, 0.3) is 0 Å². The van der Waals surface area contributed by atoms with Crippen LogP contribution in [0.5, 0.6) is 5.75 Å². The number of halogens is 1. The molecule has 0 saturated carbocycles. The number of rotatable bonds is 2. The molecule has 1 heterocycles. The van der Waals surface area contributed by atoms with E-state index in [-0.39, 0.29) is 5.75 Å². The standard InChI is InChI=1S/C14H10ClN3O/c15-11-6-7-12(19)13-10(11)8-16-14(18-13)17-9-4-2-1-3-5-9/h1-8,19H,(H,16,17,18). The van der Waals surface area contributed by atoms with Crippen LogP contribution in [0, 0.1) is 0 Å². The van der Waals surface area contributed by atoms with Crippen LogP contribution >= 0.6 is 11.6 Å². The summed E-state index contributed by atoms with van der Waals surface area (Å²) < 4.78 is 0. The molecule has 3 aromatic rings. The van der Waals surface area contributed by atoms with Crippen LogP contribution in [0.2, 0.25) is 5.02 Å². The van der Waals surface area contributed by atoms with Crippen LogP contribution in [0.15, 0.2) is 48.7 Å². The zero-order valence-corrected chi connectivity index (χ0v) is 10.6. The third-order valence-corrected chi connectivity index (χ3v) is 3.04. The Morgan fingerprint density at radius 1 is 1.05 bits per heavy atom. The van der Waals surface area contributed by atoms with E-state index in [0.29, 0.717) is 21.9 Å². The van der Waals surface area contributed by atoms with Crippen molar-refractivity contribution in [2.45, 2.75) is 0 Å². The van der Waals surface area contributed by atoms with Gasteiger partial charge in [-0.25, -0.2) is 9.97 Å². The molecule has 2 aromatic carbocycles. The second-order valence-corrected chi connectivity index (χ2v) is 4.42. The van der Waals surface area contributed by atoms with Gasteiger partial charge in [0.05, 0.1) is 5.02 Å². The molecule has 0 spiro atoms. The van der Waals surface area contributed by atoms with Gasteiger partial charge in [-0.05, 0) is 24.3 Å². The smallest absolute Gasteiger partial charge is 0.227 e. The molecule has 0 aliphatic rings. The van der Waals surface area contributed by atoms with Crippen molar-refractivity contribution in [1.29, 1.82) is 0 Å². The van der Waals surface area contributed by atoms with Gasteiger partial charge in [0.15, 0.2) is 0 Å². The molecule has 0 aliphatic carbocycles. The molecular weight excluding hydrogens is 262 g/mol. The summed E-state index contributed by atoms with van der Waals surface area (Å²) in [6.07, 6.45) is 1.59. The fourth-order valence-electron chi connectivity index (χ4n) is 1.78. The third-order valence-electron chi connectivity index (χ3n) is 2.71. The molecule has 2 N–H and O–H groups in total. The fourth-order valence-corrected chi connectivity index (χ4v) is 1.98. The summed E-state index contributed by atoms with van der Waals surface area (Å²) in [5, 5.41) is 14.0. The van der Waals surface area contributed by atoms with Crippen molar-refractivity contribution in [1.82, 2.24) is 9.97 Å². The van der Waals surface area contributed by atoms with Gasteiger partial charge in [-0.3, -0.25) is 0 Å². The Balaban J connectivity index is 2.05. The van der Waals surface area contributed by atoms with Crippen molar-refractivity contribution in [3.05, 3.63) is 53.7 Å². The summed E-state index contributed by atoms with van der Waals surface area (Å²) in [6.45, 7) is 0. The van der Waals surface area contributed by atoms with Crippen molar-refractivity contribution >= 4 is 34.1 Å². The molecule has 0 radical (unpaired) electrons. The van der Waals surface area contributed by atoms with Gasteiger partial charge in [-0.2, -0.15) is 0 Å². The van der Waals surface area contributed by atoms with Crippen LogP contribution in [0.25, 0.3) is 10.9 Å². The summed E-state index contributed by atoms with van der Waals surface area (Å²) in [7, 11) is 0. The minimum absolute atomic E-state index is 0.0814. The van der Waals surface area contributed by atoms with Crippen molar-refractivity contribution in [2.75, 3.05) is 5.32 Å². The molecule has 0 atom stereocenters. The predicted molar refractivity (Wildman–Crippen MR) is 75.9 cm³/mol. The van der Waals surface area contributed by atoms with Crippen LogP contribution in [-0.4, -0.2) is 15.1 Å². The van der Waals surface area contributed by atoms with Gasteiger partial charge in [0, 0.05) is 17.3 Å². The molecule has 0 amide bonds. The summed E-state index contributed by atoms with van der Waals surface area (Å²) in [6, 6.07) is 12.7. The van der Waals surface area contributed by atoms with Gasteiger partial charge in [0.1, 0.15) is 11.3 Å².